The Kier molecular flexibility index (Phi) is 5.09. The van der Waals surface area contributed by atoms with Crippen molar-refractivity contribution in [2.24, 2.45) is 0 Å². The summed E-state index contributed by atoms with van der Waals surface area (Å²) in [7, 11) is 3.26. The van der Waals surface area contributed by atoms with Gasteiger partial charge in [0, 0.05) is 19.7 Å². The number of esters is 1. The molecule has 0 amide bonds. The molecule has 0 N–H and O–H groups in total. The van der Waals surface area contributed by atoms with Gasteiger partial charge in [-0.2, -0.15) is 0 Å². The van der Waals surface area contributed by atoms with Crippen molar-refractivity contribution in [1.29, 1.82) is 0 Å². The zero-order valence-corrected chi connectivity index (χ0v) is 11.9. The van der Waals surface area contributed by atoms with Crippen molar-refractivity contribution in [3.05, 3.63) is 35.1 Å². The topological polar surface area (TPSA) is 38.8 Å². The van der Waals surface area contributed by atoms with Crippen molar-refractivity contribution >= 4 is 5.97 Å². The van der Waals surface area contributed by atoms with Crippen LogP contribution < -0.4 is 0 Å². The lowest BCUT2D eigenvalue weighted by Gasteiger charge is -2.21. The first-order chi connectivity index (χ1) is 9.60. The van der Waals surface area contributed by atoms with Crippen LogP contribution in [0.1, 0.15) is 28.8 Å². The number of methoxy groups -OCH3 is 1. The van der Waals surface area contributed by atoms with E-state index < -0.39 is 11.8 Å². The number of benzene rings is 1. The zero-order chi connectivity index (χ0) is 14.5. The van der Waals surface area contributed by atoms with Crippen LogP contribution in [0.25, 0.3) is 0 Å². The number of hydrogen-bond acceptors (Lipinski definition) is 4. The summed E-state index contributed by atoms with van der Waals surface area (Å²) in [6.07, 6.45) is 2.42. The Labute approximate surface area is 118 Å². The molecule has 1 aliphatic rings. The van der Waals surface area contributed by atoms with E-state index in [-0.39, 0.29) is 11.7 Å². The molecule has 0 aliphatic carbocycles. The molecular weight excluding hydrogens is 261 g/mol. The van der Waals surface area contributed by atoms with Gasteiger partial charge in [-0.3, -0.25) is 4.90 Å². The molecule has 2 rings (SSSR count). The van der Waals surface area contributed by atoms with Crippen LogP contribution in [0.4, 0.5) is 4.39 Å². The summed E-state index contributed by atoms with van der Waals surface area (Å²) in [4.78, 5) is 13.8. The normalized spacial score (nSPS) is 18.5. The van der Waals surface area contributed by atoms with Crippen LogP contribution in [0.2, 0.25) is 0 Å². The van der Waals surface area contributed by atoms with Gasteiger partial charge in [0.1, 0.15) is 5.82 Å². The van der Waals surface area contributed by atoms with E-state index in [0.29, 0.717) is 6.54 Å². The average Bonchev–Trinajstić information content (AvgIpc) is 2.92. The van der Waals surface area contributed by atoms with E-state index in [1.165, 1.54) is 19.2 Å². The van der Waals surface area contributed by atoms with Gasteiger partial charge in [-0.05, 0) is 37.6 Å². The largest absolute Gasteiger partial charge is 0.465 e. The summed E-state index contributed by atoms with van der Waals surface area (Å²) in [5, 5.41) is 0. The molecule has 110 valence electrons. The molecule has 1 heterocycles. The number of hydrogen-bond donors (Lipinski definition) is 0. The van der Waals surface area contributed by atoms with Gasteiger partial charge in [0.05, 0.1) is 18.8 Å². The maximum atomic E-state index is 13.3. The highest BCUT2D eigenvalue weighted by Gasteiger charge is 2.19. The van der Waals surface area contributed by atoms with Gasteiger partial charge < -0.3 is 9.47 Å². The SMILES string of the molecule is COC(=O)c1cc(F)ccc1CN(C)CC1CCCO1. The molecule has 1 saturated heterocycles. The number of halogens is 1. The molecule has 1 atom stereocenters. The first-order valence-corrected chi connectivity index (χ1v) is 6.77. The molecule has 0 aromatic heterocycles. The Bertz CT molecular complexity index is 472. The Morgan fingerprint density at radius 3 is 3.00 bits per heavy atom. The molecular formula is C15H20FNO3. The summed E-state index contributed by atoms with van der Waals surface area (Å²) in [6, 6.07) is 4.22. The molecule has 5 heteroatoms. The predicted octanol–water partition coefficient (Wildman–Crippen LogP) is 2.22. The van der Waals surface area contributed by atoms with Crippen molar-refractivity contribution < 1.29 is 18.7 Å². The van der Waals surface area contributed by atoms with E-state index >= 15 is 0 Å². The summed E-state index contributed by atoms with van der Waals surface area (Å²) < 4.78 is 23.6. The molecule has 1 aromatic carbocycles. The Morgan fingerprint density at radius 2 is 2.35 bits per heavy atom. The third-order valence-electron chi connectivity index (χ3n) is 3.46. The lowest BCUT2D eigenvalue weighted by Crippen LogP contribution is -2.29. The minimum Gasteiger partial charge on any atom is -0.465 e. The molecule has 0 saturated carbocycles. The Hall–Kier alpha value is -1.46. The number of nitrogens with zero attached hydrogens (tertiary/aromatic N) is 1. The van der Waals surface area contributed by atoms with Crippen molar-refractivity contribution in [3.8, 4) is 0 Å². The number of ether oxygens (including phenoxy) is 2. The molecule has 4 nitrogen and oxygen atoms in total. The Balaban J connectivity index is 2.05. The first-order valence-electron chi connectivity index (χ1n) is 6.77. The highest BCUT2D eigenvalue weighted by molar-refractivity contribution is 5.91. The van der Waals surface area contributed by atoms with Crippen molar-refractivity contribution in [3.63, 3.8) is 0 Å². The van der Waals surface area contributed by atoms with Gasteiger partial charge in [0.2, 0.25) is 0 Å². The van der Waals surface area contributed by atoms with Gasteiger partial charge in [-0.1, -0.05) is 6.07 Å². The summed E-state index contributed by atoms with van der Waals surface area (Å²) in [5.74, 6) is -0.944. The number of likely N-dealkylation sites (N-methyl/N-ethyl adjacent to an activating group) is 1. The smallest absolute Gasteiger partial charge is 0.338 e. The second-order valence-electron chi connectivity index (χ2n) is 5.12. The second kappa shape index (κ2) is 6.81. The highest BCUT2D eigenvalue weighted by Crippen LogP contribution is 2.17. The summed E-state index contributed by atoms with van der Waals surface area (Å²) in [6.45, 7) is 2.19. The van der Waals surface area contributed by atoms with Crippen molar-refractivity contribution in [1.82, 2.24) is 4.90 Å². The standard InChI is InChI=1S/C15H20FNO3/c1-17(10-13-4-3-7-20-13)9-11-5-6-12(16)8-14(11)15(18)19-2/h5-6,8,13H,3-4,7,9-10H2,1-2H3. The van der Waals surface area contributed by atoms with Crippen LogP contribution in [0.5, 0.6) is 0 Å². The average molecular weight is 281 g/mol. The minimum absolute atomic E-state index is 0.252. The van der Waals surface area contributed by atoms with Crippen LogP contribution in [0, 0.1) is 5.82 Å². The van der Waals surface area contributed by atoms with Crippen LogP contribution in [-0.2, 0) is 16.0 Å². The number of carbonyl (C=O) groups excluding carboxylic acids is 1. The molecule has 0 bridgehead atoms. The van der Waals surface area contributed by atoms with Crippen LogP contribution in [0.3, 0.4) is 0 Å². The number of carbonyl (C=O) groups is 1. The second-order valence-corrected chi connectivity index (χ2v) is 5.12. The molecule has 20 heavy (non-hydrogen) atoms. The molecule has 1 aliphatic heterocycles. The Morgan fingerprint density at radius 1 is 1.55 bits per heavy atom. The van der Waals surface area contributed by atoms with Crippen LogP contribution in [-0.4, -0.2) is 44.3 Å². The quantitative estimate of drug-likeness (QED) is 0.776. The van der Waals surface area contributed by atoms with Gasteiger partial charge in [0.25, 0.3) is 0 Å². The van der Waals surface area contributed by atoms with E-state index in [0.717, 1.165) is 31.6 Å². The fraction of sp³-hybridized carbons (Fsp3) is 0.533. The van der Waals surface area contributed by atoms with Crippen LogP contribution >= 0.6 is 0 Å². The van der Waals surface area contributed by atoms with Gasteiger partial charge in [0.15, 0.2) is 0 Å². The van der Waals surface area contributed by atoms with Crippen molar-refractivity contribution in [2.75, 3.05) is 27.3 Å². The maximum Gasteiger partial charge on any atom is 0.338 e. The highest BCUT2D eigenvalue weighted by atomic mass is 19.1. The molecule has 1 fully saturated rings. The maximum absolute atomic E-state index is 13.3. The monoisotopic (exact) mass is 281 g/mol. The lowest BCUT2D eigenvalue weighted by molar-refractivity contribution is 0.0596. The summed E-state index contributed by atoms with van der Waals surface area (Å²) >= 11 is 0. The van der Waals surface area contributed by atoms with E-state index in [2.05, 4.69) is 4.90 Å². The number of rotatable bonds is 5. The summed E-state index contributed by atoms with van der Waals surface area (Å²) in [5.41, 5.74) is 1.05. The van der Waals surface area contributed by atoms with E-state index in [1.807, 2.05) is 7.05 Å². The predicted molar refractivity (Wildman–Crippen MR) is 73.0 cm³/mol. The fourth-order valence-corrected chi connectivity index (χ4v) is 2.48. The fourth-order valence-electron chi connectivity index (χ4n) is 2.48. The molecule has 1 unspecified atom stereocenters. The van der Waals surface area contributed by atoms with E-state index in [9.17, 15) is 9.18 Å². The van der Waals surface area contributed by atoms with E-state index in [4.69, 9.17) is 9.47 Å². The third-order valence-corrected chi connectivity index (χ3v) is 3.46. The zero-order valence-electron chi connectivity index (χ0n) is 11.9. The van der Waals surface area contributed by atoms with Crippen molar-refractivity contribution in [2.45, 2.75) is 25.5 Å². The lowest BCUT2D eigenvalue weighted by atomic mass is 10.1. The van der Waals surface area contributed by atoms with Crippen LogP contribution in [0.15, 0.2) is 18.2 Å². The van der Waals surface area contributed by atoms with Gasteiger partial charge in [-0.15, -0.1) is 0 Å². The third kappa shape index (κ3) is 3.77. The van der Waals surface area contributed by atoms with E-state index in [1.54, 1.807) is 6.07 Å². The molecule has 0 radical (unpaired) electrons. The molecule has 1 aromatic rings. The molecule has 0 spiro atoms. The van der Waals surface area contributed by atoms with Gasteiger partial charge in [-0.25, -0.2) is 9.18 Å². The van der Waals surface area contributed by atoms with Gasteiger partial charge >= 0.3 is 5.97 Å². The minimum atomic E-state index is -0.509. The first kappa shape index (κ1) is 14.9.